The summed E-state index contributed by atoms with van der Waals surface area (Å²) in [6.45, 7) is 2.06. The van der Waals surface area contributed by atoms with Crippen molar-refractivity contribution in [2.45, 2.75) is 38.6 Å². The molecule has 2 rings (SSSR count). The van der Waals surface area contributed by atoms with Crippen molar-refractivity contribution in [3.8, 4) is 11.5 Å². The molecular formula is C20H27NO5. The fraction of sp³-hybridized carbons (Fsp3) is 0.500. The first kappa shape index (κ1) is 19.8. The number of hydrogen-bond donors (Lipinski definition) is 1. The summed E-state index contributed by atoms with van der Waals surface area (Å²) in [6, 6.07) is 5.51. The second-order valence-electron chi connectivity index (χ2n) is 6.57. The van der Waals surface area contributed by atoms with Crippen LogP contribution in [0.3, 0.4) is 0 Å². The average Bonchev–Trinajstić information content (AvgIpc) is 2.66. The molecule has 0 radical (unpaired) electrons. The molecular weight excluding hydrogens is 334 g/mol. The van der Waals surface area contributed by atoms with E-state index in [1.54, 1.807) is 24.3 Å². The van der Waals surface area contributed by atoms with Crippen molar-refractivity contribution in [1.29, 1.82) is 0 Å². The molecule has 1 aromatic carbocycles. The van der Waals surface area contributed by atoms with Crippen LogP contribution in [0.5, 0.6) is 11.5 Å². The van der Waals surface area contributed by atoms with Crippen LogP contribution in [0.25, 0.3) is 6.08 Å². The van der Waals surface area contributed by atoms with Crippen LogP contribution >= 0.6 is 0 Å². The number of benzene rings is 1. The highest BCUT2D eigenvalue weighted by Crippen LogP contribution is 2.28. The number of hydrogen-bond acceptors (Lipinski definition) is 5. The van der Waals surface area contributed by atoms with E-state index in [9.17, 15) is 9.59 Å². The van der Waals surface area contributed by atoms with Gasteiger partial charge in [0.2, 0.25) is 5.91 Å². The van der Waals surface area contributed by atoms with Crippen LogP contribution in [0.15, 0.2) is 24.3 Å². The molecule has 0 aliphatic heterocycles. The highest BCUT2D eigenvalue weighted by Gasteiger charge is 2.18. The third kappa shape index (κ3) is 6.10. The van der Waals surface area contributed by atoms with Gasteiger partial charge in [-0.1, -0.05) is 13.0 Å². The monoisotopic (exact) mass is 361 g/mol. The van der Waals surface area contributed by atoms with E-state index in [1.807, 2.05) is 0 Å². The lowest BCUT2D eigenvalue weighted by atomic mass is 9.87. The maximum atomic E-state index is 12.1. The molecule has 0 aromatic heterocycles. The van der Waals surface area contributed by atoms with Crippen molar-refractivity contribution < 1.29 is 23.8 Å². The minimum Gasteiger partial charge on any atom is -0.493 e. The molecule has 26 heavy (non-hydrogen) atoms. The Morgan fingerprint density at radius 2 is 1.88 bits per heavy atom. The Labute approximate surface area is 154 Å². The van der Waals surface area contributed by atoms with E-state index in [4.69, 9.17) is 9.47 Å². The summed E-state index contributed by atoms with van der Waals surface area (Å²) < 4.78 is 15.2. The normalized spacial score (nSPS) is 19.8. The van der Waals surface area contributed by atoms with Crippen molar-refractivity contribution in [3.05, 3.63) is 29.8 Å². The third-order valence-electron chi connectivity index (χ3n) is 4.55. The molecule has 1 N–H and O–H groups in total. The average molecular weight is 361 g/mol. The molecule has 1 aliphatic rings. The number of carbonyl (C=O) groups is 2. The summed E-state index contributed by atoms with van der Waals surface area (Å²) >= 11 is 0. The predicted octanol–water partition coefficient (Wildman–Crippen LogP) is 2.96. The van der Waals surface area contributed by atoms with Gasteiger partial charge in [0, 0.05) is 12.1 Å². The fourth-order valence-corrected chi connectivity index (χ4v) is 2.93. The Bertz CT molecular complexity index is 648. The zero-order chi connectivity index (χ0) is 18.9. The molecule has 0 unspecified atom stereocenters. The summed E-state index contributed by atoms with van der Waals surface area (Å²) in [4.78, 5) is 23.3. The topological polar surface area (TPSA) is 73.9 Å². The Balaban J connectivity index is 1.92. The van der Waals surface area contributed by atoms with Crippen LogP contribution in [-0.2, 0) is 14.3 Å². The van der Waals surface area contributed by atoms with Gasteiger partial charge in [-0.05, 0) is 55.4 Å². The summed E-state index contributed by atoms with van der Waals surface area (Å²) in [6.07, 6.45) is 7.68. The minimum absolute atomic E-state index is 0.0884. The Kier molecular flexibility index (Phi) is 7.51. The number of methoxy groups -OCH3 is 2. The second kappa shape index (κ2) is 9.85. The summed E-state index contributed by atoms with van der Waals surface area (Å²) in [7, 11) is 2.82. The van der Waals surface area contributed by atoms with Crippen molar-refractivity contribution in [2.24, 2.45) is 5.92 Å². The van der Waals surface area contributed by atoms with Gasteiger partial charge in [-0.25, -0.2) is 4.79 Å². The van der Waals surface area contributed by atoms with Crippen molar-refractivity contribution in [3.63, 3.8) is 0 Å². The van der Waals surface area contributed by atoms with Crippen LogP contribution in [0.4, 0.5) is 0 Å². The molecule has 0 saturated heterocycles. The summed E-state index contributed by atoms with van der Waals surface area (Å²) in [5.41, 5.74) is 0.805. The molecule has 0 bridgehead atoms. The standard InChI is InChI=1S/C20H27NO5/c1-14-4-8-16(9-5-14)21-19(22)11-7-15-6-10-17(18(12-15)24-2)26-13-20(23)25-3/h6-7,10-12,14,16H,4-5,8-9,13H2,1-3H3,(H,21,22)/t14-,16-. The van der Waals surface area contributed by atoms with Crippen LogP contribution in [0, 0.1) is 5.92 Å². The lowest BCUT2D eigenvalue weighted by molar-refractivity contribution is -0.142. The quantitative estimate of drug-likeness (QED) is 0.597. The van der Waals surface area contributed by atoms with E-state index in [-0.39, 0.29) is 18.6 Å². The SMILES string of the molecule is COC(=O)COc1ccc(C=CC(=O)N[C@H]2CC[C@H](C)CC2)cc1OC. The molecule has 1 amide bonds. The number of amides is 1. The van der Waals surface area contributed by atoms with Gasteiger partial charge in [-0.15, -0.1) is 0 Å². The van der Waals surface area contributed by atoms with Gasteiger partial charge in [0.1, 0.15) is 0 Å². The van der Waals surface area contributed by atoms with E-state index in [0.717, 1.165) is 24.3 Å². The highest BCUT2D eigenvalue weighted by molar-refractivity contribution is 5.92. The van der Waals surface area contributed by atoms with Crippen molar-refractivity contribution in [2.75, 3.05) is 20.8 Å². The smallest absolute Gasteiger partial charge is 0.343 e. The van der Waals surface area contributed by atoms with Crippen molar-refractivity contribution >= 4 is 18.0 Å². The van der Waals surface area contributed by atoms with Crippen LogP contribution in [0.1, 0.15) is 38.2 Å². The van der Waals surface area contributed by atoms with E-state index >= 15 is 0 Å². The van der Waals surface area contributed by atoms with Crippen LogP contribution in [-0.4, -0.2) is 38.7 Å². The molecule has 142 valence electrons. The number of carbonyl (C=O) groups excluding carboxylic acids is 2. The van der Waals surface area contributed by atoms with Gasteiger partial charge < -0.3 is 19.5 Å². The second-order valence-corrected chi connectivity index (χ2v) is 6.57. The Morgan fingerprint density at radius 3 is 2.54 bits per heavy atom. The number of rotatable bonds is 7. The lowest BCUT2D eigenvalue weighted by Gasteiger charge is -2.26. The summed E-state index contributed by atoms with van der Waals surface area (Å²) in [5, 5.41) is 3.06. The van der Waals surface area contributed by atoms with Gasteiger partial charge in [-0.3, -0.25) is 4.79 Å². The first-order valence-corrected chi connectivity index (χ1v) is 8.88. The highest BCUT2D eigenvalue weighted by atomic mass is 16.6. The van der Waals surface area contributed by atoms with E-state index in [1.165, 1.54) is 33.1 Å². The molecule has 1 saturated carbocycles. The Morgan fingerprint density at radius 1 is 1.15 bits per heavy atom. The van der Waals surface area contributed by atoms with Gasteiger partial charge in [0.05, 0.1) is 14.2 Å². The van der Waals surface area contributed by atoms with Crippen molar-refractivity contribution in [1.82, 2.24) is 5.32 Å². The molecule has 1 fully saturated rings. The molecule has 0 spiro atoms. The maximum Gasteiger partial charge on any atom is 0.343 e. The predicted molar refractivity (Wildman–Crippen MR) is 99.1 cm³/mol. The molecule has 0 atom stereocenters. The third-order valence-corrected chi connectivity index (χ3v) is 4.55. The summed E-state index contributed by atoms with van der Waals surface area (Å²) in [5.74, 6) is 1.12. The number of esters is 1. The Hall–Kier alpha value is -2.50. The molecule has 1 aromatic rings. The van der Waals surface area contributed by atoms with Crippen LogP contribution < -0.4 is 14.8 Å². The zero-order valence-corrected chi connectivity index (χ0v) is 15.6. The minimum atomic E-state index is -0.468. The van der Waals surface area contributed by atoms with Gasteiger partial charge in [-0.2, -0.15) is 0 Å². The zero-order valence-electron chi connectivity index (χ0n) is 15.6. The molecule has 6 heteroatoms. The number of ether oxygens (including phenoxy) is 3. The fourth-order valence-electron chi connectivity index (χ4n) is 2.93. The largest absolute Gasteiger partial charge is 0.493 e. The van der Waals surface area contributed by atoms with Gasteiger partial charge >= 0.3 is 5.97 Å². The lowest BCUT2D eigenvalue weighted by Crippen LogP contribution is -2.36. The molecule has 6 nitrogen and oxygen atoms in total. The molecule has 0 heterocycles. The molecule has 1 aliphatic carbocycles. The maximum absolute atomic E-state index is 12.1. The number of nitrogens with one attached hydrogen (secondary N) is 1. The first-order valence-electron chi connectivity index (χ1n) is 8.88. The van der Waals surface area contributed by atoms with Gasteiger partial charge in [0.15, 0.2) is 18.1 Å². The van der Waals surface area contributed by atoms with E-state index in [2.05, 4.69) is 17.0 Å². The van der Waals surface area contributed by atoms with E-state index < -0.39 is 5.97 Å². The van der Waals surface area contributed by atoms with Gasteiger partial charge in [0.25, 0.3) is 0 Å². The van der Waals surface area contributed by atoms with E-state index in [0.29, 0.717) is 11.5 Å². The first-order chi connectivity index (χ1) is 12.5. The van der Waals surface area contributed by atoms with Crippen LogP contribution in [0.2, 0.25) is 0 Å².